The molecule has 16 heavy (non-hydrogen) atoms. The van der Waals surface area contributed by atoms with Crippen molar-refractivity contribution >= 4 is 11.3 Å². The third kappa shape index (κ3) is 3.91. The largest absolute Gasteiger partial charge is 0.314 e. The summed E-state index contributed by atoms with van der Waals surface area (Å²) in [4.78, 5) is 1.54. The lowest BCUT2D eigenvalue weighted by Crippen LogP contribution is -2.28. The van der Waals surface area contributed by atoms with Gasteiger partial charge in [-0.25, -0.2) is 0 Å². The summed E-state index contributed by atoms with van der Waals surface area (Å²) in [7, 11) is 0. The van der Waals surface area contributed by atoms with E-state index < -0.39 is 0 Å². The van der Waals surface area contributed by atoms with Crippen LogP contribution in [0.25, 0.3) is 0 Å². The third-order valence-electron chi connectivity index (χ3n) is 3.53. The number of aryl methyl sites for hydroxylation is 1. The quantitative estimate of drug-likeness (QED) is 0.762. The Labute approximate surface area is 103 Å². The molecule has 2 rings (SSSR count). The molecule has 1 aromatic rings. The summed E-state index contributed by atoms with van der Waals surface area (Å²) in [5.41, 5.74) is 0. The van der Waals surface area contributed by atoms with Crippen LogP contribution in [0.5, 0.6) is 0 Å². The maximum absolute atomic E-state index is 3.67. The fraction of sp³-hybridized carbons (Fsp3) is 0.714. The van der Waals surface area contributed by atoms with Crippen molar-refractivity contribution in [3.05, 3.63) is 22.4 Å². The van der Waals surface area contributed by atoms with Crippen LogP contribution in [0.2, 0.25) is 0 Å². The zero-order chi connectivity index (χ0) is 11.4. The van der Waals surface area contributed by atoms with Gasteiger partial charge in [-0.2, -0.15) is 0 Å². The second-order valence-electron chi connectivity index (χ2n) is 5.30. The summed E-state index contributed by atoms with van der Waals surface area (Å²) in [6.07, 6.45) is 5.39. The Balaban J connectivity index is 1.72. The minimum atomic E-state index is 0.797. The normalized spacial score (nSPS) is 17.9. The lowest BCUT2D eigenvalue weighted by Gasteiger charge is -2.21. The predicted octanol–water partition coefficient (Wildman–Crippen LogP) is 3.70. The van der Waals surface area contributed by atoms with E-state index in [0.717, 1.165) is 17.9 Å². The van der Waals surface area contributed by atoms with Crippen LogP contribution in [0.4, 0.5) is 0 Å². The molecule has 1 atom stereocenters. The van der Waals surface area contributed by atoms with Crippen LogP contribution in [-0.4, -0.2) is 12.6 Å². The van der Waals surface area contributed by atoms with Crippen LogP contribution in [0.15, 0.2) is 17.5 Å². The van der Waals surface area contributed by atoms with Crippen LogP contribution >= 0.6 is 11.3 Å². The molecular weight excluding hydrogens is 214 g/mol. The van der Waals surface area contributed by atoms with Gasteiger partial charge in [-0.15, -0.1) is 11.3 Å². The maximum atomic E-state index is 3.67. The Morgan fingerprint density at radius 3 is 2.81 bits per heavy atom. The molecule has 90 valence electrons. The Morgan fingerprint density at radius 2 is 2.25 bits per heavy atom. The molecular formula is C14H23NS. The van der Waals surface area contributed by atoms with Crippen molar-refractivity contribution in [2.45, 2.75) is 45.6 Å². The first-order valence-corrected chi connectivity index (χ1v) is 7.39. The van der Waals surface area contributed by atoms with Gasteiger partial charge in [0.05, 0.1) is 0 Å². The Hall–Kier alpha value is -0.340. The Bertz CT molecular complexity index is 288. The first-order chi connectivity index (χ1) is 7.75. The first-order valence-electron chi connectivity index (χ1n) is 6.51. The average molecular weight is 237 g/mol. The van der Waals surface area contributed by atoms with Crippen LogP contribution in [-0.2, 0) is 6.42 Å². The van der Waals surface area contributed by atoms with Crippen molar-refractivity contribution in [3.8, 4) is 0 Å². The molecule has 1 aromatic heterocycles. The fourth-order valence-electron chi connectivity index (χ4n) is 2.06. The smallest absolute Gasteiger partial charge is 0.00683 e. The number of nitrogens with one attached hydrogen (secondary N) is 1. The van der Waals surface area contributed by atoms with Gasteiger partial charge in [0.25, 0.3) is 0 Å². The van der Waals surface area contributed by atoms with Gasteiger partial charge in [0.2, 0.25) is 0 Å². The second kappa shape index (κ2) is 5.83. The molecule has 2 heteroatoms. The topological polar surface area (TPSA) is 12.0 Å². The van der Waals surface area contributed by atoms with Gasteiger partial charge in [-0.1, -0.05) is 19.9 Å². The summed E-state index contributed by atoms with van der Waals surface area (Å²) in [6.45, 7) is 5.93. The van der Waals surface area contributed by atoms with Crippen molar-refractivity contribution in [1.29, 1.82) is 0 Å². The zero-order valence-corrected chi connectivity index (χ0v) is 11.2. The van der Waals surface area contributed by atoms with Crippen molar-refractivity contribution < 1.29 is 0 Å². The third-order valence-corrected chi connectivity index (χ3v) is 4.47. The summed E-state index contributed by atoms with van der Waals surface area (Å²) in [6, 6.07) is 5.27. The molecule has 1 aliphatic rings. The molecule has 0 amide bonds. The standard InChI is InChI=1S/C14H23NS/c1-11(2)12(10-15-13-6-7-13)5-8-14-4-3-9-16-14/h3-4,9,11-13,15H,5-8,10H2,1-2H3. The van der Waals surface area contributed by atoms with E-state index in [1.54, 1.807) is 0 Å². The highest BCUT2D eigenvalue weighted by atomic mass is 32.1. The zero-order valence-electron chi connectivity index (χ0n) is 10.4. The van der Waals surface area contributed by atoms with Gasteiger partial charge in [0.15, 0.2) is 0 Å². The monoisotopic (exact) mass is 237 g/mol. The molecule has 0 saturated heterocycles. The summed E-state index contributed by atoms with van der Waals surface area (Å²) >= 11 is 1.89. The molecule has 1 saturated carbocycles. The molecule has 0 spiro atoms. The van der Waals surface area contributed by atoms with E-state index in [4.69, 9.17) is 0 Å². The average Bonchev–Trinajstić information content (AvgIpc) is 2.93. The Morgan fingerprint density at radius 1 is 1.44 bits per heavy atom. The van der Waals surface area contributed by atoms with E-state index in [0.29, 0.717) is 0 Å². The van der Waals surface area contributed by atoms with Gasteiger partial charge in [-0.3, -0.25) is 0 Å². The van der Waals surface area contributed by atoms with Crippen molar-refractivity contribution in [3.63, 3.8) is 0 Å². The maximum Gasteiger partial charge on any atom is 0.00683 e. The molecule has 1 N–H and O–H groups in total. The van der Waals surface area contributed by atoms with Crippen molar-refractivity contribution in [1.82, 2.24) is 5.32 Å². The molecule has 1 aliphatic carbocycles. The molecule has 0 bridgehead atoms. The molecule has 1 unspecified atom stereocenters. The van der Waals surface area contributed by atoms with Crippen LogP contribution < -0.4 is 5.32 Å². The lowest BCUT2D eigenvalue weighted by atomic mass is 9.91. The van der Waals surface area contributed by atoms with Gasteiger partial charge in [0, 0.05) is 10.9 Å². The molecule has 0 aliphatic heterocycles. The molecule has 1 fully saturated rings. The minimum Gasteiger partial charge on any atom is -0.314 e. The Kier molecular flexibility index (Phi) is 4.42. The number of thiophene rings is 1. The number of rotatable bonds is 7. The fourth-order valence-corrected chi connectivity index (χ4v) is 2.78. The highest BCUT2D eigenvalue weighted by Crippen LogP contribution is 2.23. The van der Waals surface area contributed by atoms with E-state index in [-0.39, 0.29) is 0 Å². The first kappa shape index (κ1) is 12.1. The van der Waals surface area contributed by atoms with Crippen LogP contribution in [0.3, 0.4) is 0 Å². The highest BCUT2D eigenvalue weighted by molar-refractivity contribution is 7.09. The van der Waals surface area contributed by atoms with Crippen molar-refractivity contribution in [2.24, 2.45) is 11.8 Å². The van der Waals surface area contributed by atoms with E-state index in [1.165, 1.54) is 37.1 Å². The van der Waals surface area contributed by atoms with E-state index in [2.05, 4.69) is 36.7 Å². The van der Waals surface area contributed by atoms with Gasteiger partial charge >= 0.3 is 0 Å². The van der Waals surface area contributed by atoms with Gasteiger partial charge < -0.3 is 5.32 Å². The van der Waals surface area contributed by atoms with Crippen LogP contribution in [0.1, 0.15) is 38.0 Å². The van der Waals surface area contributed by atoms with E-state index in [9.17, 15) is 0 Å². The second-order valence-corrected chi connectivity index (χ2v) is 6.34. The molecule has 0 aromatic carbocycles. The summed E-state index contributed by atoms with van der Waals surface area (Å²) < 4.78 is 0. The van der Waals surface area contributed by atoms with Crippen LogP contribution in [0, 0.1) is 11.8 Å². The van der Waals surface area contributed by atoms with Crippen molar-refractivity contribution in [2.75, 3.05) is 6.54 Å². The van der Waals surface area contributed by atoms with E-state index >= 15 is 0 Å². The highest BCUT2D eigenvalue weighted by Gasteiger charge is 2.22. The van der Waals surface area contributed by atoms with Gasteiger partial charge in [-0.05, 0) is 55.5 Å². The van der Waals surface area contributed by atoms with Gasteiger partial charge in [0.1, 0.15) is 0 Å². The predicted molar refractivity (Wildman–Crippen MR) is 72.0 cm³/mol. The summed E-state index contributed by atoms with van der Waals surface area (Å²) in [5.74, 6) is 1.63. The number of hydrogen-bond acceptors (Lipinski definition) is 2. The number of hydrogen-bond donors (Lipinski definition) is 1. The SMILES string of the molecule is CC(C)C(CCc1cccs1)CNC1CC1. The molecule has 1 heterocycles. The molecule has 0 radical (unpaired) electrons. The molecule has 1 nitrogen and oxygen atoms in total. The van der Waals surface area contributed by atoms with E-state index in [1.807, 2.05) is 11.3 Å². The summed E-state index contributed by atoms with van der Waals surface area (Å²) in [5, 5.41) is 5.85. The lowest BCUT2D eigenvalue weighted by molar-refractivity contribution is 0.341. The minimum absolute atomic E-state index is 0.797.